The number of nitrogens with zero attached hydrogens (tertiary/aromatic N) is 3. The van der Waals surface area contributed by atoms with Gasteiger partial charge in [0.2, 0.25) is 0 Å². The Bertz CT molecular complexity index is 823. The first kappa shape index (κ1) is 17.2. The summed E-state index contributed by atoms with van der Waals surface area (Å²) in [6.45, 7) is 7.13. The van der Waals surface area contributed by atoms with E-state index in [9.17, 15) is 0 Å². The lowest BCUT2D eigenvalue weighted by atomic mass is 10.1. The molecule has 0 saturated carbocycles. The third-order valence-corrected chi connectivity index (χ3v) is 4.56. The second kappa shape index (κ2) is 7.53. The van der Waals surface area contributed by atoms with Crippen LogP contribution in [-0.4, -0.2) is 33.1 Å². The Morgan fingerprint density at radius 1 is 1.28 bits per heavy atom. The molecule has 2 atom stereocenters. The zero-order valence-corrected chi connectivity index (χ0v) is 15.2. The van der Waals surface area contributed by atoms with Crippen LogP contribution in [0.5, 0.6) is 5.75 Å². The molecule has 0 aliphatic heterocycles. The molecule has 0 aliphatic rings. The SMILES string of the molecule is COc1cccc(-c2[nH]ncc2CN[C@H](C)[C@@H](C)n2cc(C)cn2)c1. The molecule has 2 heterocycles. The minimum atomic E-state index is 0.265. The number of methoxy groups -OCH3 is 1. The Kier molecular flexibility index (Phi) is 5.19. The quantitative estimate of drug-likeness (QED) is 0.693. The van der Waals surface area contributed by atoms with Crippen LogP contribution in [-0.2, 0) is 6.54 Å². The molecule has 132 valence electrons. The third-order valence-electron chi connectivity index (χ3n) is 4.56. The summed E-state index contributed by atoms with van der Waals surface area (Å²) >= 11 is 0. The van der Waals surface area contributed by atoms with Gasteiger partial charge < -0.3 is 10.1 Å². The molecule has 0 spiro atoms. The number of rotatable bonds is 7. The first-order chi connectivity index (χ1) is 12.1. The summed E-state index contributed by atoms with van der Waals surface area (Å²) in [4.78, 5) is 0. The monoisotopic (exact) mass is 339 g/mol. The molecule has 2 aromatic heterocycles. The summed E-state index contributed by atoms with van der Waals surface area (Å²) < 4.78 is 7.32. The number of hydrogen-bond acceptors (Lipinski definition) is 4. The van der Waals surface area contributed by atoms with Crippen molar-refractivity contribution in [3.63, 3.8) is 0 Å². The number of aromatic nitrogens is 4. The van der Waals surface area contributed by atoms with E-state index in [0.29, 0.717) is 0 Å². The van der Waals surface area contributed by atoms with Crippen molar-refractivity contribution in [2.24, 2.45) is 0 Å². The number of ether oxygens (including phenoxy) is 1. The Balaban J connectivity index is 1.69. The molecule has 0 radical (unpaired) electrons. The van der Waals surface area contributed by atoms with Crippen molar-refractivity contribution >= 4 is 0 Å². The van der Waals surface area contributed by atoms with Gasteiger partial charge in [-0.3, -0.25) is 9.78 Å². The maximum absolute atomic E-state index is 5.31. The highest BCUT2D eigenvalue weighted by atomic mass is 16.5. The largest absolute Gasteiger partial charge is 0.497 e. The summed E-state index contributed by atoms with van der Waals surface area (Å²) in [6.07, 6.45) is 5.83. The highest BCUT2D eigenvalue weighted by Crippen LogP contribution is 2.25. The minimum absolute atomic E-state index is 0.265. The molecule has 6 heteroatoms. The molecule has 2 N–H and O–H groups in total. The summed E-state index contributed by atoms with van der Waals surface area (Å²) in [7, 11) is 1.68. The van der Waals surface area contributed by atoms with Gasteiger partial charge in [-0.15, -0.1) is 0 Å². The van der Waals surface area contributed by atoms with Crippen LogP contribution in [0.2, 0.25) is 0 Å². The number of aromatic amines is 1. The molecule has 0 aliphatic carbocycles. The van der Waals surface area contributed by atoms with Crippen molar-refractivity contribution in [3.8, 4) is 17.0 Å². The predicted molar refractivity (Wildman–Crippen MR) is 98.6 cm³/mol. The topological polar surface area (TPSA) is 67.8 Å². The van der Waals surface area contributed by atoms with Gasteiger partial charge in [0.15, 0.2) is 0 Å². The van der Waals surface area contributed by atoms with Gasteiger partial charge in [-0.2, -0.15) is 10.2 Å². The average Bonchev–Trinajstić information content (AvgIpc) is 3.28. The van der Waals surface area contributed by atoms with E-state index in [1.807, 2.05) is 35.3 Å². The lowest BCUT2D eigenvalue weighted by Crippen LogP contribution is -2.33. The summed E-state index contributed by atoms with van der Waals surface area (Å²) in [6, 6.07) is 8.52. The van der Waals surface area contributed by atoms with Crippen molar-refractivity contribution in [1.29, 1.82) is 0 Å². The summed E-state index contributed by atoms with van der Waals surface area (Å²) in [5, 5.41) is 15.3. The number of nitrogens with one attached hydrogen (secondary N) is 2. The molecule has 6 nitrogen and oxygen atoms in total. The molecule has 0 saturated heterocycles. The maximum atomic E-state index is 5.31. The number of benzene rings is 1. The minimum Gasteiger partial charge on any atom is -0.497 e. The summed E-state index contributed by atoms with van der Waals surface area (Å²) in [5.41, 5.74) is 4.39. The van der Waals surface area contributed by atoms with Gasteiger partial charge in [0.1, 0.15) is 5.75 Å². The van der Waals surface area contributed by atoms with Crippen LogP contribution in [0.15, 0.2) is 42.9 Å². The smallest absolute Gasteiger partial charge is 0.119 e. The van der Waals surface area contributed by atoms with Crippen molar-refractivity contribution in [2.75, 3.05) is 7.11 Å². The van der Waals surface area contributed by atoms with Gasteiger partial charge in [-0.1, -0.05) is 12.1 Å². The van der Waals surface area contributed by atoms with Crippen molar-refractivity contribution in [2.45, 2.75) is 39.4 Å². The van der Waals surface area contributed by atoms with E-state index in [1.54, 1.807) is 7.11 Å². The molecule has 1 aromatic carbocycles. The second-order valence-electron chi connectivity index (χ2n) is 6.41. The van der Waals surface area contributed by atoms with Gasteiger partial charge in [0.05, 0.1) is 31.2 Å². The first-order valence-electron chi connectivity index (χ1n) is 8.49. The van der Waals surface area contributed by atoms with Crippen LogP contribution in [0.4, 0.5) is 0 Å². The van der Waals surface area contributed by atoms with Gasteiger partial charge in [-0.25, -0.2) is 0 Å². The van der Waals surface area contributed by atoms with Crippen LogP contribution in [0.1, 0.15) is 31.0 Å². The van der Waals surface area contributed by atoms with E-state index in [2.05, 4.69) is 53.6 Å². The molecule has 0 bridgehead atoms. The fraction of sp³-hybridized carbons (Fsp3) is 0.368. The predicted octanol–water partition coefficient (Wildman–Crippen LogP) is 3.33. The van der Waals surface area contributed by atoms with Crippen molar-refractivity contribution in [1.82, 2.24) is 25.3 Å². The number of H-pyrrole nitrogens is 1. The zero-order valence-electron chi connectivity index (χ0n) is 15.2. The molecular formula is C19H25N5O. The zero-order chi connectivity index (χ0) is 17.8. The third kappa shape index (κ3) is 3.91. The lowest BCUT2D eigenvalue weighted by molar-refractivity contribution is 0.365. The Morgan fingerprint density at radius 3 is 2.84 bits per heavy atom. The van der Waals surface area contributed by atoms with E-state index >= 15 is 0 Å². The van der Waals surface area contributed by atoms with E-state index in [0.717, 1.165) is 29.1 Å². The average molecular weight is 339 g/mol. The standard InChI is InChI=1S/C19H25N5O/c1-13-9-22-24(12-13)15(3)14(2)20-10-17-11-21-23-19(17)16-6-5-7-18(8-16)25-4/h5-9,11-12,14-15,20H,10H2,1-4H3,(H,21,23)/t14-,15-/m1/s1. The van der Waals surface area contributed by atoms with Gasteiger partial charge in [0, 0.05) is 29.9 Å². The van der Waals surface area contributed by atoms with Crippen LogP contribution in [0, 0.1) is 6.92 Å². The van der Waals surface area contributed by atoms with Gasteiger partial charge in [-0.05, 0) is 38.5 Å². The van der Waals surface area contributed by atoms with E-state index in [-0.39, 0.29) is 12.1 Å². The summed E-state index contributed by atoms with van der Waals surface area (Å²) in [5.74, 6) is 0.835. The molecule has 0 unspecified atom stereocenters. The lowest BCUT2D eigenvalue weighted by Gasteiger charge is -2.22. The van der Waals surface area contributed by atoms with E-state index < -0.39 is 0 Å². The molecular weight excluding hydrogens is 314 g/mol. The normalized spacial score (nSPS) is 13.6. The van der Waals surface area contributed by atoms with Crippen LogP contribution in [0.25, 0.3) is 11.3 Å². The molecule has 0 amide bonds. The van der Waals surface area contributed by atoms with Gasteiger partial charge in [0.25, 0.3) is 0 Å². The first-order valence-corrected chi connectivity index (χ1v) is 8.49. The number of aryl methyl sites for hydroxylation is 1. The van der Waals surface area contributed by atoms with Crippen LogP contribution >= 0.6 is 0 Å². The fourth-order valence-corrected chi connectivity index (χ4v) is 2.80. The maximum Gasteiger partial charge on any atom is 0.119 e. The molecule has 3 aromatic rings. The second-order valence-corrected chi connectivity index (χ2v) is 6.41. The molecule has 25 heavy (non-hydrogen) atoms. The van der Waals surface area contributed by atoms with Gasteiger partial charge >= 0.3 is 0 Å². The number of hydrogen-bond donors (Lipinski definition) is 2. The van der Waals surface area contributed by atoms with E-state index in [1.165, 1.54) is 5.56 Å². The Morgan fingerprint density at radius 2 is 2.12 bits per heavy atom. The van der Waals surface area contributed by atoms with Crippen molar-refractivity contribution in [3.05, 3.63) is 54.0 Å². The molecule has 0 fully saturated rings. The Labute approximate surface area is 148 Å². The fourth-order valence-electron chi connectivity index (χ4n) is 2.80. The Hall–Kier alpha value is -2.60. The highest BCUT2D eigenvalue weighted by Gasteiger charge is 2.16. The van der Waals surface area contributed by atoms with Crippen LogP contribution < -0.4 is 10.1 Å². The van der Waals surface area contributed by atoms with Crippen molar-refractivity contribution < 1.29 is 4.74 Å². The van der Waals surface area contributed by atoms with E-state index in [4.69, 9.17) is 4.74 Å². The highest BCUT2D eigenvalue weighted by molar-refractivity contribution is 5.64. The van der Waals surface area contributed by atoms with Crippen LogP contribution in [0.3, 0.4) is 0 Å². The molecule has 3 rings (SSSR count).